The molecule has 1 rings (SSSR count). The van der Waals surface area contributed by atoms with Gasteiger partial charge in [0.05, 0.1) is 5.60 Å². The van der Waals surface area contributed by atoms with Gasteiger partial charge in [-0.05, 0) is 31.4 Å². The molecule has 0 spiro atoms. The van der Waals surface area contributed by atoms with Crippen molar-refractivity contribution in [3.63, 3.8) is 0 Å². The van der Waals surface area contributed by atoms with E-state index in [9.17, 15) is 5.11 Å². The van der Waals surface area contributed by atoms with E-state index in [1.165, 1.54) is 17.5 Å². The van der Waals surface area contributed by atoms with E-state index in [1.807, 2.05) is 6.92 Å². The number of aryl methyl sites for hydroxylation is 1. The first kappa shape index (κ1) is 17.2. The summed E-state index contributed by atoms with van der Waals surface area (Å²) in [5, 5.41) is 13.6. The molecule has 0 aliphatic rings. The van der Waals surface area contributed by atoms with Crippen molar-refractivity contribution >= 4 is 0 Å². The van der Waals surface area contributed by atoms with Crippen molar-refractivity contribution < 1.29 is 9.84 Å². The van der Waals surface area contributed by atoms with E-state index in [4.69, 9.17) is 4.74 Å². The van der Waals surface area contributed by atoms with Gasteiger partial charge >= 0.3 is 0 Å². The molecule has 1 aromatic rings. The van der Waals surface area contributed by atoms with Crippen LogP contribution in [-0.2, 0) is 11.2 Å². The number of aliphatic hydroxyl groups is 1. The Morgan fingerprint density at radius 2 is 1.95 bits per heavy atom. The van der Waals surface area contributed by atoms with Gasteiger partial charge in [0.1, 0.15) is 0 Å². The van der Waals surface area contributed by atoms with Gasteiger partial charge in [-0.2, -0.15) is 0 Å². The van der Waals surface area contributed by atoms with Crippen LogP contribution in [0, 0.1) is 0 Å². The van der Waals surface area contributed by atoms with Gasteiger partial charge in [-0.1, -0.05) is 37.6 Å². The van der Waals surface area contributed by atoms with Crippen LogP contribution in [0.4, 0.5) is 0 Å². The summed E-state index contributed by atoms with van der Waals surface area (Å²) in [5.74, 6) is 0. The fourth-order valence-corrected chi connectivity index (χ4v) is 2.16. The smallest absolute Gasteiger partial charge is 0.0765 e. The van der Waals surface area contributed by atoms with Gasteiger partial charge in [-0.3, -0.25) is 0 Å². The third-order valence-corrected chi connectivity index (χ3v) is 3.65. The van der Waals surface area contributed by atoms with E-state index in [2.05, 4.69) is 43.4 Å². The lowest BCUT2D eigenvalue weighted by Crippen LogP contribution is -2.39. The molecular formula is C17H29NO2. The largest absolute Gasteiger partial charge is 0.389 e. The van der Waals surface area contributed by atoms with Crippen molar-refractivity contribution in [2.24, 2.45) is 0 Å². The highest BCUT2D eigenvalue weighted by Gasteiger charge is 2.20. The lowest BCUT2D eigenvalue weighted by atomic mass is 10.0. The number of hydrogen-bond donors (Lipinski definition) is 2. The van der Waals surface area contributed by atoms with Crippen LogP contribution in [0.3, 0.4) is 0 Å². The summed E-state index contributed by atoms with van der Waals surface area (Å²) in [6.07, 6.45) is 2.95. The van der Waals surface area contributed by atoms with Crippen LogP contribution in [0.2, 0.25) is 0 Å². The van der Waals surface area contributed by atoms with Gasteiger partial charge in [0.2, 0.25) is 0 Å². The van der Waals surface area contributed by atoms with Crippen molar-refractivity contribution in [3.8, 4) is 0 Å². The van der Waals surface area contributed by atoms with E-state index in [1.54, 1.807) is 7.11 Å². The fourth-order valence-electron chi connectivity index (χ4n) is 2.16. The molecule has 2 N–H and O–H groups in total. The van der Waals surface area contributed by atoms with Gasteiger partial charge in [0.25, 0.3) is 0 Å². The average molecular weight is 279 g/mol. The third kappa shape index (κ3) is 6.04. The molecule has 0 fully saturated rings. The summed E-state index contributed by atoms with van der Waals surface area (Å²) in [7, 11) is 1.66. The number of ether oxygens (including phenoxy) is 1. The number of rotatable bonds is 9. The van der Waals surface area contributed by atoms with Crippen LogP contribution < -0.4 is 5.32 Å². The number of hydrogen-bond acceptors (Lipinski definition) is 3. The summed E-state index contributed by atoms with van der Waals surface area (Å²) in [6.45, 7) is 7.31. The van der Waals surface area contributed by atoms with Crippen LogP contribution in [0.1, 0.15) is 50.8 Å². The molecule has 3 heteroatoms. The molecule has 3 nitrogen and oxygen atoms in total. The van der Waals surface area contributed by atoms with Crippen molar-refractivity contribution in [3.05, 3.63) is 35.4 Å². The highest BCUT2D eigenvalue weighted by Crippen LogP contribution is 2.16. The topological polar surface area (TPSA) is 41.5 Å². The second-order valence-electron chi connectivity index (χ2n) is 5.83. The number of benzene rings is 1. The minimum atomic E-state index is -0.730. The molecule has 114 valence electrons. The minimum absolute atomic E-state index is 0.236. The first-order chi connectivity index (χ1) is 9.48. The molecule has 0 saturated heterocycles. The van der Waals surface area contributed by atoms with Crippen LogP contribution in [0.5, 0.6) is 0 Å². The molecule has 0 aliphatic carbocycles. The second-order valence-corrected chi connectivity index (χ2v) is 5.83. The zero-order valence-electron chi connectivity index (χ0n) is 13.3. The molecule has 0 bridgehead atoms. The first-order valence-corrected chi connectivity index (χ1v) is 7.52. The van der Waals surface area contributed by atoms with E-state index in [-0.39, 0.29) is 6.04 Å². The van der Waals surface area contributed by atoms with Crippen molar-refractivity contribution in [2.45, 2.75) is 51.7 Å². The average Bonchev–Trinajstić information content (AvgIpc) is 2.44. The van der Waals surface area contributed by atoms with Crippen molar-refractivity contribution in [2.75, 3.05) is 20.3 Å². The predicted molar refractivity (Wildman–Crippen MR) is 84.0 cm³/mol. The van der Waals surface area contributed by atoms with Crippen LogP contribution in [-0.4, -0.2) is 31.0 Å². The van der Waals surface area contributed by atoms with Gasteiger partial charge < -0.3 is 15.2 Å². The maximum atomic E-state index is 10.2. The van der Waals surface area contributed by atoms with Gasteiger partial charge in [-0.25, -0.2) is 0 Å². The lowest BCUT2D eigenvalue weighted by molar-refractivity contribution is 0.0231. The first-order valence-electron chi connectivity index (χ1n) is 7.52. The molecule has 0 saturated carbocycles. The maximum absolute atomic E-state index is 10.2. The molecule has 1 aromatic carbocycles. The lowest BCUT2D eigenvalue weighted by Gasteiger charge is -2.26. The Labute approximate surface area is 123 Å². The standard InChI is InChI=1S/C17H29NO2/c1-5-6-15-7-9-16(10-8-15)14(2)18-13-17(3,19)11-12-20-4/h7-10,14,18-19H,5-6,11-13H2,1-4H3. The van der Waals surface area contributed by atoms with Crippen LogP contribution >= 0.6 is 0 Å². The van der Waals surface area contributed by atoms with Crippen molar-refractivity contribution in [1.82, 2.24) is 5.32 Å². The quantitative estimate of drug-likeness (QED) is 0.730. The summed E-state index contributed by atoms with van der Waals surface area (Å²) in [6, 6.07) is 8.97. The Hall–Kier alpha value is -0.900. The SMILES string of the molecule is CCCc1ccc(C(C)NCC(C)(O)CCOC)cc1. The second kappa shape index (κ2) is 8.40. The number of methoxy groups -OCH3 is 1. The molecule has 0 aliphatic heterocycles. The zero-order valence-corrected chi connectivity index (χ0v) is 13.3. The Kier molecular flexibility index (Phi) is 7.20. The summed E-state index contributed by atoms with van der Waals surface area (Å²) < 4.78 is 5.02. The molecule has 0 amide bonds. The Morgan fingerprint density at radius 3 is 2.50 bits per heavy atom. The van der Waals surface area contributed by atoms with E-state index in [0.717, 1.165) is 6.42 Å². The molecule has 0 heterocycles. The summed E-state index contributed by atoms with van der Waals surface area (Å²) in [4.78, 5) is 0. The summed E-state index contributed by atoms with van der Waals surface area (Å²) >= 11 is 0. The van der Waals surface area contributed by atoms with E-state index >= 15 is 0 Å². The Morgan fingerprint density at radius 1 is 1.30 bits per heavy atom. The van der Waals surface area contributed by atoms with Crippen molar-refractivity contribution in [1.29, 1.82) is 0 Å². The maximum Gasteiger partial charge on any atom is 0.0765 e. The minimum Gasteiger partial charge on any atom is -0.389 e. The molecule has 2 atom stereocenters. The van der Waals surface area contributed by atoms with Gasteiger partial charge in [0, 0.05) is 32.7 Å². The Bertz CT molecular complexity index is 373. The molecular weight excluding hydrogens is 250 g/mol. The highest BCUT2D eigenvalue weighted by atomic mass is 16.5. The highest BCUT2D eigenvalue weighted by molar-refractivity contribution is 5.24. The molecule has 2 unspecified atom stereocenters. The van der Waals surface area contributed by atoms with Crippen LogP contribution in [0.15, 0.2) is 24.3 Å². The normalized spacial score (nSPS) is 15.8. The van der Waals surface area contributed by atoms with E-state index < -0.39 is 5.60 Å². The molecule has 0 aromatic heterocycles. The molecule has 20 heavy (non-hydrogen) atoms. The van der Waals surface area contributed by atoms with Gasteiger partial charge in [-0.15, -0.1) is 0 Å². The Balaban J connectivity index is 2.47. The molecule has 0 radical (unpaired) electrons. The predicted octanol–water partition coefficient (Wildman–Crippen LogP) is 3.08. The van der Waals surface area contributed by atoms with Crippen LogP contribution in [0.25, 0.3) is 0 Å². The number of nitrogens with one attached hydrogen (secondary N) is 1. The monoisotopic (exact) mass is 279 g/mol. The fraction of sp³-hybridized carbons (Fsp3) is 0.647. The summed E-state index contributed by atoms with van der Waals surface area (Å²) in [5.41, 5.74) is 1.91. The zero-order chi connectivity index (χ0) is 15.0. The third-order valence-electron chi connectivity index (χ3n) is 3.65. The van der Waals surface area contributed by atoms with E-state index in [0.29, 0.717) is 19.6 Å². The van der Waals surface area contributed by atoms with Gasteiger partial charge in [0.15, 0.2) is 0 Å².